The molecule has 0 saturated heterocycles. The molecule has 4 fully saturated rings. The van der Waals surface area contributed by atoms with Crippen molar-refractivity contribution in [1.82, 2.24) is 10.7 Å². The number of fused-ring (bicyclic) bond motifs is 5. The summed E-state index contributed by atoms with van der Waals surface area (Å²) in [5.41, 5.74) is 3.20. The van der Waals surface area contributed by atoms with Crippen LogP contribution in [0.2, 0.25) is 0 Å². The standard InChI is InChI=1S/C28H46N4O2/c1-4-20(19-31-32-24-29-15-6-16-30-24)17-27(33)14-13-26(3)21(18-27)7-8-23-22(26)9-12-25(2)10-5-11-28(23,25)34/h17,19,21-23,33-34H,4-16,18H2,1-3H3,(H2,29,30,32)/t21-,22+,23-,25+,26+,27-,28+/m1/s1. The Labute approximate surface area is 205 Å². The lowest BCUT2D eigenvalue weighted by Gasteiger charge is -2.63. The van der Waals surface area contributed by atoms with Gasteiger partial charge in [0.15, 0.2) is 0 Å². The molecule has 34 heavy (non-hydrogen) atoms. The lowest BCUT2D eigenvalue weighted by molar-refractivity contribution is -0.206. The highest BCUT2D eigenvalue weighted by Crippen LogP contribution is 2.68. The Morgan fingerprint density at radius 1 is 1.09 bits per heavy atom. The zero-order chi connectivity index (χ0) is 24.0. The van der Waals surface area contributed by atoms with Crippen molar-refractivity contribution in [3.8, 4) is 0 Å². The summed E-state index contributed by atoms with van der Waals surface area (Å²) in [6.45, 7) is 8.73. The van der Waals surface area contributed by atoms with Crippen LogP contribution < -0.4 is 10.7 Å². The Morgan fingerprint density at radius 2 is 1.94 bits per heavy atom. The summed E-state index contributed by atoms with van der Waals surface area (Å²) in [5.74, 6) is 2.29. The van der Waals surface area contributed by atoms with E-state index < -0.39 is 11.2 Å². The van der Waals surface area contributed by atoms with Gasteiger partial charge in [0.1, 0.15) is 0 Å². The van der Waals surface area contributed by atoms with E-state index in [9.17, 15) is 10.2 Å². The van der Waals surface area contributed by atoms with Gasteiger partial charge in [0, 0.05) is 13.1 Å². The number of hydrogen-bond donors (Lipinski definition) is 4. The molecular formula is C28H46N4O2. The first-order valence-corrected chi connectivity index (χ1v) is 14.0. The van der Waals surface area contributed by atoms with Gasteiger partial charge in [0.25, 0.3) is 0 Å². The maximum Gasteiger partial charge on any atom is 0.212 e. The van der Waals surface area contributed by atoms with Crippen molar-refractivity contribution in [2.75, 3.05) is 13.1 Å². The third-order valence-electron chi connectivity index (χ3n) is 10.9. The number of aliphatic hydroxyl groups is 2. The molecule has 0 spiro atoms. The van der Waals surface area contributed by atoms with Gasteiger partial charge in [-0.1, -0.05) is 20.8 Å². The number of hydrazone groups is 1. The lowest BCUT2D eigenvalue weighted by atomic mass is 9.43. The molecular weight excluding hydrogens is 424 g/mol. The van der Waals surface area contributed by atoms with Crippen molar-refractivity contribution in [2.45, 2.75) is 109 Å². The molecule has 7 atom stereocenters. The Morgan fingerprint density at radius 3 is 2.71 bits per heavy atom. The van der Waals surface area contributed by atoms with Crippen molar-refractivity contribution in [3.63, 3.8) is 0 Å². The SMILES string of the molecule is CCC(C=NNC1=NCCCN1)=C[C@]1(O)CC[C@@]2(C)[C@H](CC[C@@H]3[C@@H]2CC[C@]2(C)CCC[C@]32O)C1. The number of aliphatic imine (C=N–C) groups is 1. The summed E-state index contributed by atoms with van der Waals surface area (Å²) in [6, 6.07) is 0. The summed E-state index contributed by atoms with van der Waals surface area (Å²) >= 11 is 0. The van der Waals surface area contributed by atoms with Gasteiger partial charge in [-0.25, -0.2) is 5.43 Å². The zero-order valence-corrected chi connectivity index (χ0v) is 21.6. The molecule has 1 aliphatic heterocycles. The second-order valence-electron chi connectivity index (χ2n) is 12.6. The van der Waals surface area contributed by atoms with Crippen LogP contribution >= 0.6 is 0 Å². The van der Waals surface area contributed by atoms with Crippen LogP contribution in [0.4, 0.5) is 0 Å². The maximum atomic E-state index is 11.9. The number of allylic oxidation sites excluding steroid dienone is 1. The van der Waals surface area contributed by atoms with Crippen LogP contribution in [-0.2, 0) is 0 Å². The van der Waals surface area contributed by atoms with Crippen molar-refractivity contribution >= 4 is 12.2 Å². The molecule has 5 rings (SSSR count). The molecule has 4 saturated carbocycles. The lowest BCUT2D eigenvalue weighted by Crippen LogP contribution is -2.61. The van der Waals surface area contributed by atoms with Gasteiger partial charge in [0.05, 0.1) is 17.4 Å². The van der Waals surface area contributed by atoms with Crippen molar-refractivity contribution in [2.24, 2.45) is 38.7 Å². The van der Waals surface area contributed by atoms with E-state index in [4.69, 9.17) is 0 Å². The van der Waals surface area contributed by atoms with Crippen LogP contribution in [0.25, 0.3) is 0 Å². The first kappa shape index (κ1) is 24.3. The van der Waals surface area contributed by atoms with E-state index in [1.165, 1.54) is 25.7 Å². The third-order valence-corrected chi connectivity index (χ3v) is 10.9. The minimum atomic E-state index is -0.761. The molecule has 190 valence electrons. The predicted octanol–water partition coefficient (Wildman–Crippen LogP) is 4.53. The number of guanidine groups is 1. The number of nitrogens with one attached hydrogen (secondary N) is 2. The van der Waals surface area contributed by atoms with E-state index in [-0.39, 0.29) is 10.8 Å². The number of nitrogens with zero attached hydrogens (tertiary/aromatic N) is 2. The van der Waals surface area contributed by atoms with E-state index in [0.717, 1.165) is 76.0 Å². The van der Waals surface area contributed by atoms with E-state index >= 15 is 0 Å². The fourth-order valence-electron chi connectivity index (χ4n) is 8.72. The fourth-order valence-corrected chi connectivity index (χ4v) is 8.72. The number of rotatable bonds is 4. The van der Waals surface area contributed by atoms with Gasteiger partial charge >= 0.3 is 0 Å². The Hall–Kier alpha value is -1.40. The molecule has 4 N–H and O–H groups in total. The molecule has 0 radical (unpaired) electrons. The molecule has 0 aromatic heterocycles. The van der Waals surface area contributed by atoms with E-state index in [0.29, 0.717) is 17.8 Å². The molecule has 1 heterocycles. The van der Waals surface area contributed by atoms with Gasteiger partial charge in [0.2, 0.25) is 5.96 Å². The van der Waals surface area contributed by atoms with Crippen molar-refractivity contribution in [3.05, 3.63) is 11.6 Å². The summed E-state index contributed by atoms with van der Waals surface area (Å²) in [7, 11) is 0. The monoisotopic (exact) mass is 470 g/mol. The summed E-state index contributed by atoms with van der Waals surface area (Å²) < 4.78 is 0. The second kappa shape index (κ2) is 8.92. The molecule has 0 bridgehead atoms. The first-order chi connectivity index (χ1) is 16.2. The normalized spacial score (nSPS) is 46.8. The molecule has 4 aliphatic carbocycles. The molecule has 6 heteroatoms. The maximum absolute atomic E-state index is 11.9. The van der Waals surface area contributed by atoms with Crippen LogP contribution in [0.1, 0.15) is 97.8 Å². The minimum absolute atomic E-state index is 0.123. The largest absolute Gasteiger partial charge is 0.389 e. The predicted molar refractivity (Wildman–Crippen MR) is 138 cm³/mol. The summed E-state index contributed by atoms with van der Waals surface area (Å²) in [4.78, 5) is 4.39. The molecule has 0 unspecified atom stereocenters. The van der Waals surface area contributed by atoms with Crippen molar-refractivity contribution < 1.29 is 10.2 Å². The molecule has 6 nitrogen and oxygen atoms in total. The first-order valence-electron chi connectivity index (χ1n) is 14.0. The minimum Gasteiger partial charge on any atom is -0.389 e. The van der Waals surface area contributed by atoms with Gasteiger partial charge in [-0.05, 0) is 117 Å². The molecule has 0 amide bonds. The third kappa shape index (κ3) is 4.03. The molecule has 0 aromatic carbocycles. The zero-order valence-electron chi connectivity index (χ0n) is 21.6. The van der Waals surface area contributed by atoms with E-state index in [1.807, 2.05) is 6.21 Å². The topological polar surface area (TPSA) is 89.2 Å². The van der Waals surface area contributed by atoms with Gasteiger partial charge < -0.3 is 15.5 Å². The highest BCUT2D eigenvalue weighted by molar-refractivity contribution is 5.83. The van der Waals surface area contributed by atoms with Crippen LogP contribution in [0.15, 0.2) is 21.7 Å². The summed E-state index contributed by atoms with van der Waals surface area (Å²) in [6.07, 6.45) is 16.6. The summed E-state index contributed by atoms with van der Waals surface area (Å²) in [5, 5.41) is 31.2. The molecule has 0 aromatic rings. The molecule has 5 aliphatic rings. The highest BCUT2D eigenvalue weighted by atomic mass is 16.3. The number of hydrogen-bond acceptors (Lipinski definition) is 6. The van der Waals surface area contributed by atoms with Crippen LogP contribution in [0.5, 0.6) is 0 Å². The van der Waals surface area contributed by atoms with Gasteiger partial charge in [-0.15, -0.1) is 0 Å². The van der Waals surface area contributed by atoms with Crippen molar-refractivity contribution in [1.29, 1.82) is 0 Å². The van der Waals surface area contributed by atoms with Crippen LogP contribution in [-0.4, -0.2) is 46.7 Å². The van der Waals surface area contributed by atoms with Crippen LogP contribution in [0, 0.1) is 28.6 Å². The highest BCUT2D eigenvalue weighted by Gasteiger charge is 2.65. The average Bonchev–Trinajstić information content (AvgIpc) is 3.15. The second-order valence-corrected chi connectivity index (χ2v) is 12.6. The van der Waals surface area contributed by atoms with Gasteiger partial charge in [-0.2, -0.15) is 5.10 Å². The quantitative estimate of drug-likeness (QED) is 0.359. The van der Waals surface area contributed by atoms with E-state index in [2.05, 4.69) is 47.7 Å². The Bertz CT molecular complexity index is 870. The van der Waals surface area contributed by atoms with Gasteiger partial charge in [-0.3, -0.25) is 4.99 Å². The van der Waals surface area contributed by atoms with E-state index in [1.54, 1.807) is 0 Å². The Balaban J connectivity index is 1.29. The fraction of sp³-hybridized carbons (Fsp3) is 0.857. The Kier molecular flexibility index (Phi) is 6.37. The average molecular weight is 471 g/mol. The smallest absolute Gasteiger partial charge is 0.212 e. The van der Waals surface area contributed by atoms with Crippen LogP contribution in [0.3, 0.4) is 0 Å².